The van der Waals surface area contributed by atoms with E-state index >= 15 is 0 Å². The number of hydrogen-bond donors (Lipinski definition) is 1. The van der Waals surface area contributed by atoms with E-state index in [9.17, 15) is 0 Å². The molecule has 29 heavy (non-hydrogen) atoms. The molecule has 1 fully saturated rings. The molecule has 1 N–H and O–H groups in total. The van der Waals surface area contributed by atoms with E-state index in [1.165, 1.54) is 49.4 Å². The van der Waals surface area contributed by atoms with Crippen molar-refractivity contribution in [3.8, 4) is 5.75 Å². The summed E-state index contributed by atoms with van der Waals surface area (Å²) in [7, 11) is 3.95. The molecular formula is C24H38N4O. The second kappa shape index (κ2) is 10.8. The molecule has 0 spiro atoms. The quantitative estimate of drug-likeness (QED) is 0.657. The minimum Gasteiger partial charge on any atom is -0.497 e. The maximum Gasteiger partial charge on any atom is 0.118 e. The van der Waals surface area contributed by atoms with Crippen LogP contribution in [0.3, 0.4) is 0 Å². The summed E-state index contributed by atoms with van der Waals surface area (Å²) >= 11 is 0. The van der Waals surface area contributed by atoms with Gasteiger partial charge in [-0.15, -0.1) is 0 Å². The van der Waals surface area contributed by atoms with Gasteiger partial charge in [0.1, 0.15) is 5.75 Å². The molecule has 1 aromatic heterocycles. The Hall–Kier alpha value is -1.85. The lowest BCUT2D eigenvalue weighted by atomic mass is 9.96. The van der Waals surface area contributed by atoms with E-state index in [0.717, 1.165) is 37.6 Å². The minimum atomic E-state index is 0.636. The number of rotatable bonds is 10. The predicted molar refractivity (Wildman–Crippen MR) is 119 cm³/mol. The number of nitrogens with zero attached hydrogens (tertiary/aromatic N) is 3. The lowest BCUT2D eigenvalue weighted by molar-refractivity contribution is 0.156. The first-order valence-electron chi connectivity index (χ1n) is 11.1. The largest absolute Gasteiger partial charge is 0.497 e. The Kier molecular flexibility index (Phi) is 8.13. The highest BCUT2D eigenvalue weighted by Gasteiger charge is 2.20. The number of methoxy groups -OCH3 is 1. The lowest BCUT2D eigenvalue weighted by Crippen LogP contribution is -2.37. The van der Waals surface area contributed by atoms with Crippen LogP contribution in [0.15, 0.2) is 30.3 Å². The second-order valence-electron chi connectivity index (χ2n) is 9.06. The monoisotopic (exact) mass is 398 g/mol. The van der Waals surface area contributed by atoms with Gasteiger partial charge in [0.25, 0.3) is 0 Å². The molecule has 3 rings (SSSR count). The Morgan fingerprint density at radius 3 is 2.59 bits per heavy atom. The van der Waals surface area contributed by atoms with Gasteiger partial charge < -0.3 is 9.64 Å². The first-order chi connectivity index (χ1) is 14.0. The molecule has 0 aliphatic carbocycles. The lowest BCUT2D eigenvalue weighted by Gasteiger charge is -2.33. The normalized spacial score (nSPS) is 16.1. The summed E-state index contributed by atoms with van der Waals surface area (Å²) in [6, 6.07) is 10.7. The highest BCUT2D eigenvalue weighted by molar-refractivity contribution is 5.27. The van der Waals surface area contributed by atoms with Crippen LogP contribution < -0.4 is 4.74 Å². The third kappa shape index (κ3) is 7.16. The average Bonchev–Trinajstić information content (AvgIpc) is 3.14. The van der Waals surface area contributed by atoms with Crippen LogP contribution in [0, 0.1) is 11.8 Å². The number of benzene rings is 1. The fourth-order valence-corrected chi connectivity index (χ4v) is 4.18. The maximum atomic E-state index is 5.29. The van der Waals surface area contributed by atoms with Crippen LogP contribution in [0.2, 0.25) is 0 Å². The molecule has 1 aliphatic heterocycles. The van der Waals surface area contributed by atoms with Crippen molar-refractivity contribution in [2.24, 2.45) is 11.8 Å². The SMILES string of the molecule is COc1ccc(CCN(Cc2cc(CC(C)C)n[nH]2)CC2CCN(C)CC2)cc1. The van der Waals surface area contributed by atoms with E-state index in [2.05, 4.69) is 71.2 Å². The Bertz CT molecular complexity index is 717. The molecule has 0 atom stereocenters. The van der Waals surface area contributed by atoms with Crippen LogP contribution in [-0.4, -0.2) is 60.3 Å². The summed E-state index contributed by atoms with van der Waals surface area (Å²) in [5.74, 6) is 2.35. The average molecular weight is 399 g/mol. The van der Waals surface area contributed by atoms with Crippen molar-refractivity contribution < 1.29 is 4.74 Å². The van der Waals surface area contributed by atoms with Crippen molar-refractivity contribution >= 4 is 0 Å². The Morgan fingerprint density at radius 1 is 1.21 bits per heavy atom. The summed E-state index contributed by atoms with van der Waals surface area (Å²) < 4.78 is 5.29. The molecule has 5 heteroatoms. The number of H-pyrrole nitrogens is 1. The highest BCUT2D eigenvalue weighted by Crippen LogP contribution is 2.20. The van der Waals surface area contributed by atoms with Gasteiger partial charge >= 0.3 is 0 Å². The van der Waals surface area contributed by atoms with Crippen LogP contribution >= 0.6 is 0 Å². The number of ether oxygens (including phenoxy) is 1. The van der Waals surface area contributed by atoms with Crippen LogP contribution in [-0.2, 0) is 19.4 Å². The van der Waals surface area contributed by atoms with Crippen LogP contribution in [0.4, 0.5) is 0 Å². The van der Waals surface area contributed by atoms with Crippen molar-refractivity contribution in [2.75, 3.05) is 40.3 Å². The maximum absolute atomic E-state index is 5.29. The van der Waals surface area contributed by atoms with Gasteiger partial charge in [-0.1, -0.05) is 26.0 Å². The van der Waals surface area contributed by atoms with Crippen LogP contribution in [0.25, 0.3) is 0 Å². The zero-order chi connectivity index (χ0) is 20.6. The molecule has 1 saturated heterocycles. The molecular weight excluding hydrogens is 360 g/mol. The molecule has 2 aromatic rings. The predicted octanol–water partition coefficient (Wildman–Crippen LogP) is 4.00. The fraction of sp³-hybridized carbons (Fsp3) is 0.625. The van der Waals surface area contributed by atoms with Crippen LogP contribution in [0.1, 0.15) is 43.6 Å². The first-order valence-corrected chi connectivity index (χ1v) is 11.1. The molecule has 0 radical (unpaired) electrons. The van der Waals surface area contributed by atoms with E-state index in [4.69, 9.17) is 4.74 Å². The first kappa shape index (κ1) is 21.8. The summed E-state index contributed by atoms with van der Waals surface area (Å²) in [5.41, 5.74) is 3.79. The molecule has 1 aliphatic rings. The van der Waals surface area contributed by atoms with Gasteiger partial charge in [-0.05, 0) is 81.4 Å². The van der Waals surface area contributed by atoms with Crippen molar-refractivity contribution in [2.45, 2.75) is 46.1 Å². The second-order valence-corrected chi connectivity index (χ2v) is 9.06. The third-order valence-corrected chi connectivity index (χ3v) is 5.93. The van der Waals surface area contributed by atoms with Crippen molar-refractivity contribution in [1.29, 1.82) is 0 Å². The molecule has 0 amide bonds. The topological polar surface area (TPSA) is 44.4 Å². The van der Waals surface area contributed by atoms with E-state index in [-0.39, 0.29) is 0 Å². The molecule has 0 unspecified atom stereocenters. The zero-order valence-corrected chi connectivity index (χ0v) is 18.7. The third-order valence-electron chi connectivity index (χ3n) is 5.93. The number of piperidine rings is 1. The van der Waals surface area contributed by atoms with Crippen molar-refractivity contribution in [1.82, 2.24) is 20.0 Å². The highest BCUT2D eigenvalue weighted by atomic mass is 16.5. The Labute approximate surface area is 176 Å². The number of aromatic nitrogens is 2. The number of likely N-dealkylation sites (tertiary alicyclic amines) is 1. The molecule has 5 nitrogen and oxygen atoms in total. The molecule has 160 valence electrons. The summed E-state index contributed by atoms with van der Waals surface area (Å²) in [6.07, 6.45) is 4.70. The van der Waals surface area contributed by atoms with E-state index in [0.29, 0.717) is 5.92 Å². The van der Waals surface area contributed by atoms with E-state index in [1.54, 1.807) is 7.11 Å². The zero-order valence-electron chi connectivity index (χ0n) is 18.7. The number of hydrogen-bond acceptors (Lipinski definition) is 4. The van der Waals surface area contributed by atoms with Gasteiger partial charge in [0, 0.05) is 25.3 Å². The van der Waals surface area contributed by atoms with Crippen molar-refractivity contribution in [3.05, 3.63) is 47.3 Å². The Morgan fingerprint density at radius 2 is 1.93 bits per heavy atom. The fourth-order valence-electron chi connectivity index (χ4n) is 4.18. The summed E-state index contributed by atoms with van der Waals surface area (Å²) in [6.45, 7) is 10.1. The minimum absolute atomic E-state index is 0.636. The van der Waals surface area contributed by atoms with E-state index in [1.807, 2.05) is 0 Å². The number of nitrogens with one attached hydrogen (secondary N) is 1. The van der Waals surface area contributed by atoms with E-state index < -0.39 is 0 Å². The van der Waals surface area contributed by atoms with Gasteiger partial charge in [-0.2, -0.15) is 5.10 Å². The smallest absolute Gasteiger partial charge is 0.118 e. The summed E-state index contributed by atoms with van der Waals surface area (Å²) in [4.78, 5) is 5.07. The Balaban J connectivity index is 1.61. The van der Waals surface area contributed by atoms with Gasteiger partial charge in [-0.25, -0.2) is 0 Å². The molecule has 1 aromatic carbocycles. The van der Waals surface area contributed by atoms with Gasteiger partial charge in [0.15, 0.2) is 0 Å². The molecule has 2 heterocycles. The van der Waals surface area contributed by atoms with Gasteiger partial charge in [0.2, 0.25) is 0 Å². The molecule has 0 bridgehead atoms. The standard InChI is InChI=1S/C24H38N4O/c1-19(2)15-22-16-23(26-25-22)18-28(17-21-9-12-27(3)13-10-21)14-11-20-5-7-24(29-4)8-6-20/h5-8,16,19,21H,9-15,17-18H2,1-4H3,(H,25,26). The van der Waals surface area contributed by atoms with Gasteiger partial charge in [-0.3, -0.25) is 10.00 Å². The summed E-state index contributed by atoms with van der Waals surface area (Å²) in [5, 5.41) is 7.81. The van der Waals surface area contributed by atoms with Crippen LogP contribution in [0.5, 0.6) is 5.75 Å². The number of aromatic amines is 1. The van der Waals surface area contributed by atoms with Gasteiger partial charge in [0.05, 0.1) is 12.8 Å². The van der Waals surface area contributed by atoms with Crippen molar-refractivity contribution in [3.63, 3.8) is 0 Å². The molecule has 0 saturated carbocycles.